The van der Waals surface area contributed by atoms with Gasteiger partial charge in [0, 0.05) is 16.9 Å². The van der Waals surface area contributed by atoms with Crippen molar-refractivity contribution in [3.63, 3.8) is 0 Å². The number of carbonyl (C=O) groups excluding carboxylic acids is 1. The predicted octanol–water partition coefficient (Wildman–Crippen LogP) is 5.59. The van der Waals surface area contributed by atoms with Gasteiger partial charge in [0.25, 0.3) is 0 Å². The van der Waals surface area contributed by atoms with Crippen molar-refractivity contribution in [2.24, 2.45) is 5.92 Å². The first kappa shape index (κ1) is 19.1. The second kappa shape index (κ2) is 9.29. The van der Waals surface area contributed by atoms with E-state index in [4.69, 9.17) is 0 Å². The van der Waals surface area contributed by atoms with Crippen molar-refractivity contribution in [1.82, 2.24) is 4.90 Å². The van der Waals surface area contributed by atoms with Gasteiger partial charge in [-0.25, -0.2) is 0 Å². The fourth-order valence-electron chi connectivity index (χ4n) is 3.83. The van der Waals surface area contributed by atoms with Crippen LogP contribution in [0.1, 0.15) is 36.4 Å². The standard InChI is InChI=1S/C23H26BrNO/c1-2-22(26)17-23(20-8-10-21(24)11-9-20)25-14-12-19(13-15-25)16-18-6-4-3-5-7-18/h2-11,19,23H,1,12-17H2/t23-/m0/s1. The minimum absolute atomic E-state index is 0.115. The highest BCUT2D eigenvalue weighted by molar-refractivity contribution is 9.10. The van der Waals surface area contributed by atoms with Crippen LogP contribution in [0.5, 0.6) is 0 Å². The third-order valence-corrected chi connectivity index (χ3v) is 5.86. The average molecular weight is 412 g/mol. The summed E-state index contributed by atoms with van der Waals surface area (Å²) in [5.74, 6) is 0.846. The molecule has 0 aliphatic carbocycles. The SMILES string of the molecule is C=CC(=O)C[C@@H](c1ccc(Br)cc1)N1CCC(Cc2ccccc2)CC1. The highest BCUT2D eigenvalue weighted by Crippen LogP contribution is 2.31. The summed E-state index contributed by atoms with van der Waals surface area (Å²) in [5.41, 5.74) is 2.64. The molecule has 0 radical (unpaired) electrons. The van der Waals surface area contributed by atoms with E-state index in [0.29, 0.717) is 6.42 Å². The molecule has 1 heterocycles. The Hall–Kier alpha value is -1.71. The molecular formula is C23H26BrNO. The maximum atomic E-state index is 12.1. The maximum absolute atomic E-state index is 12.1. The number of likely N-dealkylation sites (tertiary alicyclic amines) is 1. The van der Waals surface area contributed by atoms with Crippen LogP contribution in [-0.4, -0.2) is 23.8 Å². The van der Waals surface area contributed by atoms with Crippen LogP contribution in [0, 0.1) is 5.92 Å². The number of ketones is 1. The monoisotopic (exact) mass is 411 g/mol. The third-order valence-electron chi connectivity index (χ3n) is 5.33. The van der Waals surface area contributed by atoms with E-state index < -0.39 is 0 Å². The summed E-state index contributed by atoms with van der Waals surface area (Å²) >= 11 is 3.50. The van der Waals surface area contributed by atoms with Crippen LogP contribution in [0.15, 0.2) is 71.7 Å². The Balaban J connectivity index is 1.65. The van der Waals surface area contributed by atoms with Gasteiger partial charge in [-0.3, -0.25) is 9.69 Å². The zero-order valence-electron chi connectivity index (χ0n) is 15.1. The highest BCUT2D eigenvalue weighted by atomic mass is 79.9. The van der Waals surface area contributed by atoms with Crippen LogP contribution < -0.4 is 0 Å². The Bertz CT molecular complexity index is 718. The van der Waals surface area contributed by atoms with Gasteiger partial charge < -0.3 is 0 Å². The Morgan fingerprint density at radius 3 is 2.38 bits per heavy atom. The molecule has 0 bridgehead atoms. The predicted molar refractivity (Wildman–Crippen MR) is 111 cm³/mol. The van der Waals surface area contributed by atoms with E-state index >= 15 is 0 Å². The summed E-state index contributed by atoms with van der Waals surface area (Å²) < 4.78 is 1.07. The van der Waals surface area contributed by atoms with Crippen molar-refractivity contribution in [3.8, 4) is 0 Å². The third kappa shape index (κ3) is 5.15. The normalized spacial score (nSPS) is 17.0. The minimum atomic E-state index is 0.115. The molecule has 0 amide bonds. The number of halogens is 1. The molecule has 0 saturated carbocycles. The number of piperidine rings is 1. The summed E-state index contributed by atoms with van der Waals surface area (Å²) in [4.78, 5) is 14.5. The van der Waals surface area contributed by atoms with E-state index in [2.05, 4.69) is 82.0 Å². The zero-order valence-corrected chi connectivity index (χ0v) is 16.7. The van der Waals surface area contributed by atoms with Crippen molar-refractivity contribution < 1.29 is 4.79 Å². The number of carbonyl (C=O) groups is 1. The van der Waals surface area contributed by atoms with Crippen molar-refractivity contribution in [2.75, 3.05) is 13.1 Å². The number of allylic oxidation sites excluding steroid dienone is 1. The molecule has 1 aliphatic rings. The Morgan fingerprint density at radius 1 is 1.12 bits per heavy atom. The quantitative estimate of drug-likeness (QED) is 0.553. The summed E-state index contributed by atoms with van der Waals surface area (Å²) in [5, 5.41) is 0. The van der Waals surface area contributed by atoms with Gasteiger partial charge in [0.1, 0.15) is 0 Å². The first-order valence-electron chi connectivity index (χ1n) is 9.34. The molecule has 0 N–H and O–H groups in total. The molecule has 1 aliphatic heterocycles. The lowest BCUT2D eigenvalue weighted by atomic mass is 9.88. The van der Waals surface area contributed by atoms with Gasteiger partial charge in [-0.2, -0.15) is 0 Å². The van der Waals surface area contributed by atoms with Gasteiger partial charge in [0.05, 0.1) is 0 Å². The fraction of sp³-hybridized carbons (Fsp3) is 0.348. The maximum Gasteiger partial charge on any atom is 0.157 e. The van der Waals surface area contributed by atoms with Gasteiger partial charge in [-0.15, -0.1) is 0 Å². The second-order valence-electron chi connectivity index (χ2n) is 7.11. The molecule has 1 atom stereocenters. The van der Waals surface area contributed by atoms with E-state index in [0.717, 1.165) is 29.9 Å². The number of rotatable bonds is 7. The number of nitrogens with zero attached hydrogens (tertiary/aromatic N) is 1. The van der Waals surface area contributed by atoms with E-state index in [1.54, 1.807) is 0 Å². The highest BCUT2D eigenvalue weighted by Gasteiger charge is 2.27. The topological polar surface area (TPSA) is 20.3 Å². The van der Waals surface area contributed by atoms with E-state index in [1.807, 2.05) is 0 Å². The van der Waals surface area contributed by atoms with Gasteiger partial charge in [-0.05, 0) is 67.6 Å². The molecule has 1 saturated heterocycles. The number of hydrogen-bond acceptors (Lipinski definition) is 2. The molecule has 3 rings (SSSR count). The number of benzene rings is 2. The van der Waals surface area contributed by atoms with Crippen molar-refractivity contribution in [1.29, 1.82) is 0 Å². The zero-order chi connectivity index (χ0) is 18.4. The Morgan fingerprint density at radius 2 is 1.77 bits per heavy atom. The summed E-state index contributed by atoms with van der Waals surface area (Å²) in [7, 11) is 0. The largest absolute Gasteiger partial charge is 0.296 e. The van der Waals surface area contributed by atoms with E-state index in [1.165, 1.54) is 30.0 Å². The number of hydrogen-bond donors (Lipinski definition) is 0. The smallest absolute Gasteiger partial charge is 0.157 e. The van der Waals surface area contributed by atoms with Crippen molar-refractivity contribution >= 4 is 21.7 Å². The average Bonchev–Trinajstić information content (AvgIpc) is 2.68. The van der Waals surface area contributed by atoms with Gasteiger partial charge in [0.15, 0.2) is 5.78 Å². The van der Waals surface area contributed by atoms with Crippen LogP contribution in [0.4, 0.5) is 0 Å². The molecule has 3 heteroatoms. The summed E-state index contributed by atoms with van der Waals surface area (Å²) in [6.07, 6.45) is 5.49. The van der Waals surface area contributed by atoms with Crippen LogP contribution in [0.3, 0.4) is 0 Å². The lowest BCUT2D eigenvalue weighted by molar-refractivity contribution is -0.116. The molecule has 0 unspecified atom stereocenters. The van der Waals surface area contributed by atoms with Crippen molar-refractivity contribution in [2.45, 2.75) is 31.7 Å². The first-order valence-corrected chi connectivity index (χ1v) is 10.1. The van der Waals surface area contributed by atoms with E-state index in [-0.39, 0.29) is 11.8 Å². The van der Waals surface area contributed by atoms with Gasteiger partial charge in [-0.1, -0.05) is 65.0 Å². The summed E-state index contributed by atoms with van der Waals surface area (Å²) in [6, 6.07) is 19.3. The molecule has 0 spiro atoms. The van der Waals surface area contributed by atoms with Crippen LogP contribution in [0.2, 0.25) is 0 Å². The molecule has 26 heavy (non-hydrogen) atoms. The fourth-order valence-corrected chi connectivity index (χ4v) is 4.10. The van der Waals surface area contributed by atoms with Gasteiger partial charge in [0.2, 0.25) is 0 Å². The molecule has 0 aromatic heterocycles. The second-order valence-corrected chi connectivity index (χ2v) is 8.03. The van der Waals surface area contributed by atoms with Crippen LogP contribution in [0.25, 0.3) is 0 Å². The molecule has 136 valence electrons. The van der Waals surface area contributed by atoms with Crippen molar-refractivity contribution in [3.05, 3.63) is 82.9 Å². The molecule has 1 fully saturated rings. The van der Waals surface area contributed by atoms with Crippen LogP contribution in [-0.2, 0) is 11.2 Å². The lowest BCUT2D eigenvalue weighted by Gasteiger charge is -2.37. The Labute approximate surface area is 165 Å². The minimum Gasteiger partial charge on any atom is -0.296 e. The van der Waals surface area contributed by atoms with Crippen LogP contribution >= 0.6 is 15.9 Å². The van der Waals surface area contributed by atoms with Gasteiger partial charge >= 0.3 is 0 Å². The Kier molecular flexibility index (Phi) is 6.81. The molecule has 2 aromatic rings. The first-order chi connectivity index (χ1) is 12.7. The molecule has 2 nitrogen and oxygen atoms in total. The van der Waals surface area contributed by atoms with E-state index in [9.17, 15) is 4.79 Å². The molecule has 2 aromatic carbocycles. The summed E-state index contributed by atoms with van der Waals surface area (Å²) in [6.45, 7) is 5.74. The lowest BCUT2D eigenvalue weighted by Crippen LogP contribution is -2.38. The molecular weight excluding hydrogens is 386 g/mol.